The van der Waals surface area contributed by atoms with Crippen LogP contribution in [0.2, 0.25) is 0 Å². The Morgan fingerprint density at radius 2 is 1.86 bits per heavy atom. The number of nitrogens with two attached hydrogens (primary N) is 1. The number of hydrogen-bond donors (Lipinski definition) is 3. The van der Waals surface area contributed by atoms with Gasteiger partial charge in [0.1, 0.15) is 6.04 Å². The first-order valence-electron chi connectivity index (χ1n) is 6.45. The van der Waals surface area contributed by atoms with E-state index in [9.17, 15) is 22.8 Å². The number of nitrogens with zero attached hydrogens (tertiary/aromatic N) is 1. The molecular formula is C11H20ClF3N4O2S. The molecule has 0 aliphatic carbocycles. The lowest BCUT2D eigenvalue weighted by Crippen LogP contribution is -2.57. The number of thioether (sulfide) groups is 1. The quantitative estimate of drug-likeness (QED) is 0.571. The summed E-state index contributed by atoms with van der Waals surface area (Å²) in [6.45, 7) is 1.08. The number of carbonyl (C=O) groups is 2. The van der Waals surface area contributed by atoms with Crippen LogP contribution in [0.5, 0.6) is 0 Å². The first kappa shape index (κ1) is 21.3. The SMILES string of the molecule is Cl.NC(=O)CSCC(=O)NCC(N1CCNCC1)C(F)(F)F. The largest absolute Gasteiger partial charge is 0.405 e. The number of hydrogen-bond acceptors (Lipinski definition) is 5. The molecule has 1 unspecified atom stereocenters. The van der Waals surface area contributed by atoms with Crippen LogP contribution in [0.25, 0.3) is 0 Å². The van der Waals surface area contributed by atoms with Gasteiger partial charge in [0.05, 0.1) is 11.5 Å². The zero-order valence-electron chi connectivity index (χ0n) is 11.8. The molecule has 4 N–H and O–H groups in total. The Morgan fingerprint density at radius 1 is 1.27 bits per heavy atom. The van der Waals surface area contributed by atoms with E-state index in [0.717, 1.165) is 11.8 Å². The van der Waals surface area contributed by atoms with Crippen LogP contribution in [-0.2, 0) is 9.59 Å². The van der Waals surface area contributed by atoms with E-state index in [4.69, 9.17) is 5.73 Å². The fourth-order valence-electron chi connectivity index (χ4n) is 1.95. The Bertz CT molecular complexity index is 368. The van der Waals surface area contributed by atoms with E-state index in [-0.39, 0.29) is 37.0 Å². The molecule has 0 radical (unpaired) electrons. The molecule has 1 aliphatic rings. The van der Waals surface area contributed by atoms with E-state index < -0.39 is 30.6 Å². The number of alkyl halides is 3. The summed E-state index contributed by atoms with van der Waals surface area (Å²) >= 11 is 0.973. The van der Waals surface area contributed by atoms with Gasteiger partial charge >= 0.3 is 6.18 Å². The van der Waals surface area contributed by atoms with Gasteiger partial charge in [-0.2, -0.15) is 13.2 Å². The van der Waals surface area contributed by atoms with Gasteiger partial charge in [-0.25, -0.2) is 0 Å². The van der Waals surface area contributed by atoms with Gasteiger partial charge < -0.3 is 16.4 Å². The number of halogens is 4. The van der Waals surface area contributed by atoms with Crippen molar-refractivity contribution in [2.45, 2.75) is 12.2 Å². The van der Waals surface area contributed by atoms with E-state index in [2.05, 4.69) is 10.6 Å². The number of amides is 2. The molecule has 130 valence electrons. The zero-order chi connectivity index (χ0) is 15.9. The Balaban J connectivity index is 0.00000441. The number of rotatable bonds is 7. The van der Waals surface area contributed by atoms with Crippen molar-refractivity contribution in [1.82, 2.24) is 15.5 Å². The lowest BCUT2D eigenvalue weighted by Gasteiger charge is -2.35. The second-order valence-corrected chi connectivity index (χ2v) is 5.59. The van der Waals surface area contributed by atoms with Gasteiger partial charge in [-0.1, -0.05) is 0 Å². The minimum absolute atomic E-state index is 0. The fourth-order valence-corrected chi connectivity index (χ4v) is 2.54. The highest BCUT2D eigenvalue weighted by molar-refractivity contribution is 8.00. The molecule has 1 fully saturated rings. The predicted molar refractivity (Wildman–Crippen MR) is 81.1 cm³/mol. The first-order valence-corrected chi connectivity index (χ1v) is 7.60. The van der Waals surface area contributed by atoms with Crippen molar-refractivity contribution in [3.05, 3.63) is 0 Å². The molecule has 6 nitrogen and oxygen atoms in total. The molecule has 0 spiro atoms. The average Bonchev–Trinajstić information content (AvgIpc) is 2.38. The highest BCUT2D eigenvalue weighted by atomic mass is 35.5. The molecule has 1 saturated heterocycles. The highest BCUT2D eigenvalue weighted by Crippen LogP contribution is 2.24. The molecule has 1 atom stereocenters. The second kappa shape index (κ2) is 10.1. The average molecular weight is 365 g/mol. The van der Waals surface area contributed by atoms with Crippen molar-refractivity contribution in [2.75, 3.05) is 44.2 Å². The summed E-state index contributed by atoms with van der Waals surface area (Å²) in [5.74, 6) is -1.23. The summed E-state index contributed by atoms with van der Waals surface area (Å²) < 4.78 is 39.1. The minimum atomic E-state index is -4.40. The second-order valence-electron chi connectivity index (χ2n) is 4.61. The number of carbonyl (C=O) groups excluding carboxylic acids is 2. The molecule has 22 heavy (non-hydrogen) atoms. The predicted octanol–water partition coefficient (Wildman–Crippen LogP) is -0.421. The summed E-state index contributed by atoms with van der Waals surface area (Å²) in [5, 5.41) is 5.25. The fraction of sp³-hybridized carbons (Fsp3) is 0.818. The number of nitrogens with one attached hydrogen (secondary N) is 2. The van der Waals surface area contributed by atoms with E-state index in [1.807, 2.05) is 0 Å². The molecule has 11 heteroatoms. The molecule has 0 aromatic rings. The molecule has 0 saturated carbocycles. The summed E-state index contributed by atoms with van der Waals surface area (Å²) in [4.78, 5) is 23.3. The van der Waals surface area contributed by atoms with Crippen molar-refractivity contribution < 1.29 is 22.8 Å². The third-order valence-corrected chi connectivity index (χ3v) is 3.90. The topological polar surface area (TPSA) is 87.5 Å². The van der Waals surface area contributed by atoms with Crippen LogP contribution in [0, 0.1) is 0 Å². The van der Waals surface area contributed by atoms with Crippen molar-refractivity contribution in [3.8, 4) is 0 Å². The maximum Gasteiger partial charge on any atom is 0.405 e. The van der Waals surface area contributed by atoms with Gasteiger partial charge in [-0.3, -0.25) is 14.5 Å². The molecule has 1 rings (SSSR count). The van der Waals surface area contributed by atoms with Crippen LogP contribution in [0.4, 0.5) is 13.2 Å². The molecule has 0 aromatic heterocycles. The normalized spacial score (nSPS) is 17.4. The third-order valence-electron chi connectivity index (χ3n) is 2.94. The summed E-state index contributed by atoms with van der Waals surface area (Å²) in [5.41, 5.74) is 4.90. The Labute approximate surface area is 137 Å². The van der Waals surface area contributed by atoms with Crippen molar-refractivity contribution in [3.63, 3.8) is 0 Å². The molecule has 1 aliphatic heterocycles. The van der Waals surface area contributed by atoms with E-state index in [1.54, 1.807) is 0 Å². The Hall–Kier alpha value is -0.710. The van der Waals surface area contributed by atoms with Crippen LogP contribution >= 0.6 is 24.2 Å². The van der Waals surface area contributed by atoms with E-state index in [1.165, 1.54) is 4.90 Å². The van der Waals surface area contributed by atoms with Crippen LogP contribution in [0.1, 0.15) is 0 Å². The maximum absolute atomic E-state index is 13.0. The Kier molecular flexibility index (Phi) is 9.81. The minimum Gasteiger partial charge on any atom is -0.369 e. The Morgan fingerprint density at radius 3 is 2.36 bits per heavy atom. The lowest BCUT2D eigenvalue weighted by atomic mass is 10.2. The van der Waals surface area contributed by atoms with Crippen LogP contribution in [0.15, 0.2) is 0 Å². The summed E-state index contributed by atoms with van der Waals surface area (Å²) in [7, 11) is 0. The van der Waals surface area contributed by atoms with Crippen LogP contribution in [0.3, 0.4) is 0 Å². The molecule has 1 heterocycles. The monoisotopic (exact) mass is 364 g/mol. The van der Waals surface area contributed by atoms with Crippen molar-refractivity contribution in [1.29, 1.82) is 0 Å². The summed E-state index contributed by atoms with van der Waals surface area (Å²) in [6.07, 6.45) is -4.40. The standard InChI is InChI=1S/C11H19F3N4O2S.ClH/c12-11(13,14)8(18-3-1-16-2-4-18)5-17-10(20)7-21-6-9(15)19;/h8,16H,1-7H2,(H2,15,19)(H,17,20);1H. The van der Waals surface area contributed by atoms with E-state index >= 15 is 0 Å². The van der Waals surface area contributed by atoms with Gasteiger partial charge in [0.15, 0.2) is 0 Å². The van der Waals surface area contributed by atoms with Gasteiger partial charge in [0.25, 0.3) is 0 Å². The van der Waals surface area contributed by atoms with E-state index in [0.29, 0.717) is 13.1 Å². The number of primary amides is 1. The lowest BCUT2D eigenvalue weighted by molar-refractivity contribution is -0.183. The van der Waals surface area contributed by atoms with Crippen LogP contribution in [-0.4, -0.2) is 73.2 Å². The first-order chi connectivity index (χ1) is 9.80. The van der Waals surface area contributed by atoms with Gasteiger partial charge in [0.2, 0.25) is 11.8 Å². The highest BCUT2D eigenvalue weighted by Gasteiger charge is 2.43. The smallest absolute Gasteiger partial charge is 0.369 e. The van der Waals surface area contributed by atoms with Crippen LogP contribution < -0.4 is 16.4 Å². The molecule has 0 bridgehead atoms. The van der Waals surface area contributed by atoms with Crippen molar-refractivity contribution in [2.24, 2.45) is 5.73 Å². The van der Waals surface area contributed by atoms with Gasteiger partial charge in [-0.05, 0) is 0 Å². The third kappa shape index (κ3) is 8.06. The van der Waals surface area contributed by atoms with Crippen molar-refractivity contribution >= 4 is 36.0 Å². The molecular weight excluding hydrogens is 345 g/mol. The van der Waals surface area contributed by atoms with Gasteiger partial charge in [-0.15, -0.1) is 24.2 Å². The maximum atomic E-state index is 13.0. The molecule has 2 amide bonds. The molecule has 0 aromatic carbocycles. The summed E-state index contributed by atoms with van der Waals surface area (Å²) in [6, 6.07) is -1.69. The number of piperazine rings is 1. The van der Waals surface area contributed by atoms with Gasteiger partial charge in [0, 0.05) is 32.7 Å². The zero-order valence-corrected chi connectivity index (χ0v) is 13.5.